The second-order valence-corrected chi connectivity index (χ2v) is 6.97. The highest BCUT2D eigenvalue weighted by molar-refractivity contribution is 7.11. The first-order valence-electron chi connectivity index (χ1n) is 7.21. The number of rotatable bonds is 5. The van der Waals surface area contributed by atoms with Gasteiger partial charge in [0, 0.05) is 35.9 Å². The summed E-state index contributed by atoms with van der Waals surface area (Å²) >= 11 is 1.94. The Hall–Kier alpha value is -0.450. The topological polar surface area (TPSA) is 34.2 Å². The van der Waals surface area contributed by atoms with E-state index in [2.05, 4.69) is 5.32 Å². The van der Waals surface area contributed by atoms with E-state index in [1.807, 2.05) is 11.3 Å². The van der Waals surface area contributed by atoms with E-state index in [9.17, 15) is 0 Å². The molecule has 3 fully saturated rings. The standard InChI is InChI=1S/C14H20N2OS/c1-2-9(1)13-12(7-15-11-3-4-11)18-14(16-13)10-5-6-17-8-10/h9-11,15H,1-8H2. The lowest BCUT2D eigenvalue weighted by Crippen LogP contribution is -2.15. The van der Waals surface area contributed by atoms with Crippen LogP contribution in [0, 0.1) is 0 Å². The van der Waals surface area contributed by atoms with Crippen molar-refractivity contribution in [2.75, 3.05) is 13.2 Å². The van der Waals surface area contributed by atoms with Gasteiger partial charge in [0.25, 0.3) is 0 Å². The Bertz CT molecular complexity index is 431. The molecule has 0 spiro atoms. The lowest BCUT2D eigenvalue weighted by molar-refractivity contribution is 0.194. The first-order valence-corrected chi connectivity index (χ1v) is 8.02. The fourth-order valence-corrected chi connectivity index (χ4v) is 3.83. The average Bonchev–Trinajstić information content (AvgIpc) is 3.30. The van der Waals surface area contributed by atoms with Gasteiger partial charge in [0.2, 0.25) is 0 Å². The van der Waals surface area contributed by atoms with Gasteiger partial charge in [-0.2, -0.15) is 0 Å². The first-order chi connectivity index (χ1) is 8.90. The number of aromatic nitrogens is 1. The van der Waals surface area contributed by atoms with Gasteiger partial charge in [-0.25, -0.2) is 4.98 Å². The van der Waals surface area contributed by atoms with Crippen LogP contribution in [0.1, 0.15) is 59.5 Å². The molecule has 0 bridgehead atoms. The minimum absolute atomic E-state index is 0.571. The smallest absolute Gasteiger partial charge is 0.0986 e. The molecule has 1 saturated heterocycles. The predicted molar refractivity (Wildman–Crippen MR) is 72.1 cm³/mol. The monoisotopic (exact) mass is 264 g/mol. The van der Waals surface area contributed by atoms with Crippen molar-refractivity contribution < 1.29 is 4.74 Å². The summed E-state index contributed by atoms with van der Waals surface area (Å²) in [4.78, 5) is 6.46. The third-order valence-electron chi connectivity index (χ3n) is 4.12. The molecular formula is C14H20N2OS. The number of hydrogen-bond acceptors (Lipinski definition) is 4. The maximum absolute atomic E-state index is 5.50. The maximum atomic E-state index is 5.50. The molecule has 0 aromatic carbocycles. The van der Waals surface area contributed by atoms with E-state index in [0.717, 1.165) is 38.1 Å². The third-order valence-corrected chi connectivity index (χ3v) is 5.35. The van der Waals surface area contributed by atoms with Crippen molar-refractivity contribution in [3.63, 3.8) is 0 Å². The first kappa shape index (κ1) is 11.4. The number of nitrogens with zero attached hydrogens (tertiary/aromatic N) is 1. The van der Waals surface area contributed by atoms with Crippen LogP contribution in [0.4, 0.5) is 0 Å². The van der Waals surface area contributed by atoms with Crippen molar-refractivity contribution in [2.45, 2.75) is 56.5 Å². The molecule has 3 nitrogen and oxygen atoms in total. The van der Waals surface area contributed by atoms with Gasteiger partial charge in [0.05, 0.1) is 17.3 Å². The third kappa shape index (κ3) is 2.33. The molecule has 0 radical (unpaired) electrons. The lowest BCUT2D eigenvalue weighted by atomic mass is 10.1. The van der Waals surface area contributed by atoms with Gasteiger partial charge < -0.3 is 10.1 Å². The lowest BCUT2D eigenvalue weighted by Gasteiger charge is -2.01. The molecule has 1 aromatic heterocycles. The van der Waals surface area contributed by atoms with Crippen LogP contribution in [0.5, 0.6) is 0 Å². The number of nitrogens with one attached hydrogen (secondary N) is 1. The Morgan fingerprint density at radius 2 is 2.06 bits per heavy atom. The van der Waals surface area contributed by atoms with E-state index in [-0.39, 0.29) is 0 Å². The normalized spacial score (nSPS) is 27.9. The fourth-order valence-electron chi connectivity index (χ4n) is 2.61. The van der Waals surface area contributed by atoms with Gasteiger partial charge in [-0.15, -0.1) is 11.3 Å². The number of thiazole rings is 1. The summed E-state index contributed by atoms with van der Waals surface area (Å²) in [6, 6.07) is 0.789. The average molecular weight is 264 g/mol. The SMILES string of the molecule is C1CC(c2nc(C3CC3)c(CNC3CC3)s2)CO1. The van der Waals surface area contributed by atoms with Crippen molar-refractivity contribution in [2.24, 2.45) is 0 Å². The van der Waals surface area contributed by atoms with Crippen molar-refractivity contribution >= 4 is 11.3 Å². The van der Waals surface area contributed by atoms with Gasteiger partial charge in [0.15, 0.2) is 0 Å². The van der Waals surface area contributed by atoms with Crippen molar-refractivity contribution in [3.05, 3.63) is 15.6 Å². The molecule has 4 heteroatoms. The Labute approximate surface area is 112 Å². The molecule has 0 amide bonds. The molecular weight excluding hydrogens is 244 g/mol. The molecule has 1 atom stereocenters. The van der Waals surface area contributed by atoms with Gasteiger partial charge in [-0.1, -0.05) is 0 Å². The van der Waals surface area contributed by atoms with E-state index in [4.69, 9.17) is 9.72 Å². The molecule has 2 aliphatic carbocycles. The second-order valence-electron chi connectivity index (χ2n) is 5.85. The molecule has 2 saturated carbocycles. The van der Waals surface area contributed by atoms with Crippen molar-refractivity contribution in [3.8, 4) is 0 Å². The van der Waals surface area contributed by atoms with E-state index >= 15 is 0 Å². The highest BCUT2D eigenvalue weighted by atomic mass is 32.1. The summed E-state index contributed by atoms with van der Waals surface area (Å²) in [6.07, 6.45) is 6.58. The zero-order chi connectivity index (χ0) is 11.9. The van der Waals surface area contributed by atoms with Crippen LogP contribution in [0.3, 0.4) is 0 Å². The largest absolute Gasteiger partial charge is 0.381 e. The maximum Gasteiger partial charge on any atom is 0.0986 e. The Morgan fingerprint density at radius 3 is 2.72 bits per heavy atom. The molecule has 98 valence electrons. The summed E-state index contributed by atoms with van der Waals surface area (Å²) in [5.74, 6) is 1.34. The zero-order valence-corrected chi connectivity index (χ0v) is 11.5. The highest BCUT2D eigenvalue weighted by Gasteiger charge is 2.32. The molecule has 3 aliphatic rings. The van der Waals surface area contributed by atoms with Gasteiger partial charge in [-0.3, -0.25) is 0 Å². The molecule has 2 heterocycles. The summed E-state index contributed by atoms with van der Waals surface area (Å²) < 4.78 is 5.50. The summed E-state index contributed by atoms with van der Waals surface area (Å²) in [6.45, 7) is 2.84. The van der Waals surface area contributed by atoms with E-state index in [1.165, 1.54) is 41.3 Å². The van der Waals surface area contributed by atoms with Crippen molar-refractivity contribution in [1.82, 2.24) is 10.3 Å². The minimum atomic E-state index is 0.571. The van der Waals surface area contributed by atoms with Crippen LogP contribution in [-0.2, 0) is 11.3 Å². The number of hydrogen-bond donors (Lipinski definition) is 1. The van der Waals surface area contributed by atoms with E-state index < -0.39 is 0 Å². The molecule has 1 aromatic rings. The quantitative estimate of drug-likeness (QED) is 0.888. The zero-order valence-electron chi connectivity index (χ0n) is 10.7. The van der Waals surface area contributed by atoms with Crippen LogP contribution in [0.15, 0.2) is 0 Å². The second kappa shape index (κ2) is 4.58. The Morgan fingerprint density at radius 1 is 1.17 bits per heavy atom. The molecule has 1 unspecified atom stereocenters. The molecule has 18 heavy (non-hydrogen) atoms. The molecule has 1 aliphatic heterocycles. The van der Waals surface area contributed by atoms with Crippen LogP contribution < -0.4 is 5.32 Å². The van der Waals surface area contributed by atoms with E-state index in [0.29, 0.717) is 5.92 Å². The Kier molecular flexibility index (Phi) is 2.90. The van der Waals surface area contributed by atoms with E-state index in [1.54, 1.807) is 0 Å². The van der Waals surface area contributed by atoms with Crippen LogP contribution in [0.2, 0.25) is 0 Å². The summed E-state index contributed by atoms with van der Waals surface area (Å²) in [7, 11) is 0. The summed E-state index contributed by atoms with van der Waals surface area (Å²) in [5, 5.41) is 4.97. The van der Waals surface area contributed by atoms with Crippen LogP contribution >= 0.6 is 11.3 Å². The minimum Gasteiger partial charge on any atom is -0.381 e. The molecule has 4 rings (SSSR count). The van der Waals surface area contributed by atoms with Gasteiger partial charge in [0.1, 0.15) is 0 Å². The van der Waals surface area contributed by atoms with Gasteiger partial charge in [-0.05, 0) is 32.1 Å². The van der Waals surface area contributed by atoms with Crippen molar-refractivity contribution in [1.29, 1.82) is 0 Å². The highest BCUT2D eigenvalue weighted by Crippen LogP contribution is 2.44. The molecule has 1 N–H and O–H groups in total. The fraction of sp³-hybridized carbons (Fsp3) is 0.786. The van der Waals surface area contributed by atoms with Crippen LogP contribution in [-0.4, -0.2) is 24.2 Å². The summed E-state index contributed by atoms with van der Waals surface area (Å²) in [5.41, 5.74) is 1.41. The predicted octanol–water partition coefficient (Wildman–Crippen LogP) is 2.78. The number of ether oxygens (including phenoxy) is 1. The van der Waals surface area contributed by atoms with Gasteiger partial charge >= 0.3 is 0 Å². The Balaban J connectivity index is 1.53. The van der Waals surface area contributed by atoms with Crippen LogP contribution in [0.25, 0.3) is 0 Å².